The average Bonchev–Trinajstić information content (AvgIpc) is 2.67. The monoisotopic (exact) mass is 273 g/mol. The molecule has 1 aliphatic rings. The minimum atomic E-state index is -0.707. The Morgan fingerprint density at radius 2 is 1.90 bits per heavy atom. The number of hydrogen-bond acceptors (Lipinski definition) is 3. The largest absolute Gasteiger partial charge is 0.481 e. The molecule has 0 amide bonds. The van der Waals surface area contributed by atoms with E-state index in [9.17, 15) is 9.90 Å². The molecule has 1 N–H and O–H groups in total. The molecule has 1 saturated carbocycles. The standard InChI is InChI=1S/C16H19NO3/c18-15(19)16(9-5-1-2-6-10-16)11-14-17-12-7-3-4-8-13(12)20-14/h3-4,7-8H,1-2,5-6,9-11H2,(H,18,19). The number of aromatic nitrogens is 1. The predicted octanol–water partition coefficient (Wildman–Crippen LogP) is 3.80. The predicted molar refractivity (Wildman–Crippen MR) is 75.5 cm³/mol. The van der Waals surface area contributed by atoms with E-state index in [0.717, 1.165) is 49.6 Å². The number of benzene rings is 1. The van der Waals surface area contributed by atoms with Gasteiger partial charge in [-0.1, -0.05) is 37.8 Å². The topological polar surface area (TPSA) is 63.3 Å². The lowest BCUT2D eigenvalue weighted by Crippen LogP contribution is -2.33. The summed E-state index contributed by atoms with van der Waals surface area (Å²) in [6, 6.07) is 7.57. The second-order valence-corrected chi connectivity index (χ2v) is 5.75. The molecule has 3 rings (SSSR count). The summed E-state index contributed by atoms with van der Waals surface area (Å²) in [5.74, 6) is -0.155. The fraction of sp³-hybridized carbons (Fsp3) is 0.500. The van der Waals surface area contributed by atoms with Crippen LogP contribution in [-0.4, -0.2) is 16.1 Å². The zero-order valence-electron chi connectivity index (χ0n) is 11.5. The normalized spacial score (nSPS) is 18.8. The number of carbonyl (C=O) groups is 1. The summed E-state index contributed by atoms with van der Waals surface area (Å²) in [6.45, 7) is 0. The van der Waals surface area contributed by atoms with Crippen LogP contribution in [-0.2, 0) is 11.2 Å². The van der Waals surface area contributed by atoms with E-state index in [1.165, 1.54) is 0 Å². The fourth-order valence-electron chi connectivity index (χ4n) is 3.16. The molecular formula is C16H19NO3. The van der Waals surface area contributed by atoms with Crippen molar-refractivity contribution >= 4 is 17.1 Å². The van der Waals surface area contributed by atoms with Gasteiger partial charge in [-0.25, -0.2) is 4.98 Å². The van der Waals surface area contributed by atoms with Gasteiger partial charge in [-0.05, 0) is 25.0 Å². The Hall–Kier alpha value is -1.84. The smallest absolute Gasteiger partial charge is 0.310 e. The first-order valence-electron chi connectivity index (χ1n) is 7.27. The molecule has 1 aromatic carbocycles. The van der Waals surface area contributed by atoms with Crippen LogP contribution in [0.3, 0.4) is 0 Å². The van der Waals surface area contributed by atoms with E-state index < -0.39 is 11.4 Å². The second-order valence-electron chi connectivity index (χ2n) is 5.75. The Kier molecular flexibility index (Phi) is 3.47. The van der Waals surface area contributed by atoms with E-state index in [-0.39, 0.29) is 0 Å². The van der Waals surface area contributed by atoms with Crippen molar-refractivity contribution in [1.29, 1.82) is 0 Å². The SMILES string of the molecule is O=C(O)C1(Cc2nc3ccccc3o2)CCCCCC1. The van der Waals surface area contributed by atoms with Gasteiger partial charge in [0, 0.05) is 6.42 Å². The first kappa shape index (κ1) is 13.2. The third-order valence-electron chi connectivity index (χ3n) is 4.34. The molecule has 1 fully saturated rings. The van der Waals surface area contributed by atoms with Crippen LogP contribution in [0.1, 0.15) is 44.4 Å². The maximum atomic E-state index is 11.8. The summed E-state index contributed by atoms with van der Waals surface area (Å²) in [5.41, 5.74) is 0.838. The van der Waals surface area contributed by atoms with Gasteiger partial charge in [0.1, 0.15) is 5.52 Å². The molecule has 2 aromatic rings. The van der Waals surface area contributed by atoms with Crippen LogP contribution in [0.2, 0.25) is 0 Å². The summed E-state index contributed by atoms with van der Waals surface area (Å²) in [6.07, 6.45) is 6.06. The molecule has 0 aliphatic heterocycles. The summed E-state index contributed by atoms with van der Waals surface area (Å²) in [5, 5.41) is 9.68. The molecule has 1 aliphatic carbocycles. The van der Waals surface area contributed by atoms with Gasteiger partial charge >= 0.3 is 5.97 Å². The Labute approximate surface area is 117 Å². The number of nitrogens with zero attached hydrogens (tertiary/aromatic N) is 1. The molecule has 106 valence electrons. The highest BCUT2D eigenvalue weighted by molar-refractivity contribution is 5.75. The van der Waals surface area contributed by atoms with Crippen LogP contribution in [0, 0.1) is 5.41 Å². The van der Waals surface area contributed by atoms with Crippen molar-refractivity contribution in [3.63, 3.8) is 0 Å². The van der Waals surface area contributed by atoms with Gasteiger partial charge in [0.2, 0.25) is 0 Å². The third-order valence-corrected chi connectivity index (χ3v) is 4.34. The highest BCUT2D eigenvalue weighted by atomic mass is 16.4. The van der Waals surface area contributed by atoms with Crippen LogP contribution >= 0.6 is 0 Å². The first-order chi connectivity index (χ1) is 9.70. The molecule has 0 unspecified atom stereocenters. The minimum absolute atomic E-state index is 0.400. The molecule has 0 spiro atoms. The number of aliphatic carboxylic acids is 1. The van der Waals surface area contributed by atoms with Gasteiger partial charge in [0.25, 0.3) is 0 Å². The highest BCUT2D eigenvalue weighted by Crippen LogP contribution is 2.38. The zero-order valence-corrected chi connectivity index (χ0v) is 11.5. The Bertz CT molecular complexity index is 576. The number of para-hydroxylation sites is 2. The first-order valence-corrected chi connectivity index (χ1v) is 7.27. The Morgan fingerprint density at radius 3 is 2.55 bits per heavy atom. The van der Waals surface area contributed by atoms with E-state index >= 15 is 0 Å². The van der Waals surface area contributed by atoms with Crippen LogP contribution in [0.5, 0.6) is 0 Å². The molecule has 0 bridgehead atoms. The number of fused-ring (bicyclic) bond motifs is 1. The van der Waals surface area contributed by atoms with Crippen molar-refractivity contribution in [2.24, 2.45) is 5.41 Å². The number of rotatable bonds is 3. The second kappa shape index (κ2) is 5.27. The lowest BCUT2D eigenvalue weighted by atomic mass is 9.77. The summed E-state index contributed by atoms with van der Waals surface area (Å²) in [7, 11) is 0. The van der Waals surface area contributed by atoms with E-state index in [4.69, 9.17) is 4.42 Å². The molecule has 0 saturated heterocycles. The Morgan fingerprint density at radius 1 is 1.20 bits per heavy atom. The van der Waals surface area contributed by atoms with Crippen molar-refractivity contribution in [3.05, 3.63) is 30.2 Å². The van der Waals surface area contributed by atoms with Crippen molar-refractivity contribution in [2.75, 3.05) is 0 Å². The summed E-state index contributed by atoms with van der Waals surface area (Å²) < 4.78 is 5.71. The van der Waals surface area contributed by atoms with Crippen molar-refractivity contribution in [1.82, 2.24) is 4.98 Å². The molecule has 4 nitrogen and oxygen atoms in total. The van der Waals surface area contributed by atoms with Crippen molar-refractivity contribution in [2.45, 2.75) is 44.9 Å². The molecule has 20 heavy (non-hydrogen) atoms. The lowest BCUT2D eigenvalue weighted by Gasteiger charge is -2.26. The number of carboxylic acids is 1. The van der Waals surface area contributed by atoms with E-state index in [1.54, 1.807) is 0 Å². The molecule has 1 aromatic heterocycles. The van der Waals surface area contributed by atoms with E-state index in [2.05, 4.69) is 4.98 Å². The molecule has 4 heteroatoms. The quantitative estimate of drug-likeness (QED) is 0.864. The zero-order chi connectivity index (χ0) is 14.0. The lowest BCUT2D eigenvalue weighted by molar-refractivity contribution is -0.150. The fourth-order valence-corrected chi connectivity index (χ4v) is 3.16. The van der Waals surface area contributed by atoms with Crippen LogP contribution < -0.4 is 0 Å². The van der Waals surface area contributed by atoms with E-state index in [1.807, 2.05) is 24.3 Å². The number of carboxylic acid groups (broad SMARTS) is 1. The van der Waals surface area contributed by atoms with Gasteiger partial charge in [-0.2, -0.15) is 0 Å². The van der Waals surface area contributed by atoms with E-state index in [0.29, 0.717) is 12.3 Å². The molecule has 0 radical (unpaired) electrons. The number of hydrogen-bond donors (Lipinski definition) is 1. The Balaban J connectivity index is 1.90. The highest BCUT2D eigenvalue weighted by Gasteiger charge is 2.40. The molecule has 0 atom stereocenters. The minimum Gasteiger partial charge on any atom is -0.481 e. The van der Waals surface area contributed by atoms with Crippen LogP contribution in [0.15, 0.2) is 28.7 Å². The average molecular weight is 273 g/mol. The van der Waals surface area contributed by atoms with Gasteiger partial charge in [0.05, 0.1) is 5.41 Å². The van der Waals surface area contributed by atoms with Crippen molar-refractivity contribution in [3.8, 4) is 0 Å². The van der Waals surface area contributed by atoms with Crippen molar-refractivity contribution < 1.29 is 14.3 Å². The van der Waals surface area contributed by atoms with Gasteiger partial charge < -0.3 is 9.52 Å². The summed E-state index contributed by atoms with van der Waals surface area (Å²) in [4.78, 5) is 16.2. The molecule has 1 heterocycles. The maximum Gasteiger partial charge on any atom is 0.310 e. The van der Waals surface area contributed by atoms with Gasteiger partial charge in [-0.15, -0.1) is 0 Å². The molecular weight excluding hydrogens is 254 g/mol. The van der Waals surface area contributed by atoms with Crippen LogP contribution in [0.4, 0.5) is 0 Å². The van der Waals surface area contributed by atoms with Gasteiger partial charge in [0.15, 0.2) is 11.5 Å². The maximum absolute atomic E-state index is 11.8. The van der Waals surface area contributed by atoms with Crippen LogP contribution in [0.25, 0.3) is 11.1 Å². The number of oxazole rings is 1. The third kappa shape index (κ3) is 2.42. The summed E-state index contributed by atoms with van der Waals surface area (Å²) >= 11 is 0. The van der Waals surface area contributed by atoms with Gasteiger partial charge in [-0.3, -0.25) is 4.79 Å².